The van der Waals surface area contributed by atoms with Crippen molar-refractivity contribution < 1.29 is 19.1 Å². The third-order valence-electron chi connectivity index (χ3n) is 7.98. The van der Waals surface area contributed by atoms with Gasteiger partial charge >= 0.3 is 11.9 Å². The van der Waals surface area contributed by atoms with Crippen molar-refractivity contribution in [3.8, 4) is 22.4 Å². The van der Waals surface area contributed by atoms with Crippen LogP contribution in [0.1, 0.15) is 96.6 Å². The Bertz CT molecular complexity index is 1860. The molecule has 0 aliphatic carbocycles. The maximum Gasteiger partial charge on any atom is 0.340 e. The first-order chi connectivity index (χ1) is 21.1. The number of hydrogen-bond donors (Lipinski definition) is 0. The second-order valence-corrected chi connectivity index (χ2v) is 11.8. The lowest BCUT2D eigenvalue weighted by molar-refractivity contribution is 0.0523. The minimum atomic E-state index is -0.532. The van der Waals surface area contributed by atoms with Crippen LogP contribution in [0.25, 0.3) is 44.1 Å². The fraction of sp³-hybridized carbons (Fsp3) is 0.316. The minimum Gasteiger partial charge on any atom is -0.462 e. The van der Waals surface area contributed by atoms with Gasteiger partial charge in [-0.25, -0.2) is 14.6 Å². The summed E-state index contributed by atoms with van der Waals surface area (Å²) in [5.74, 6) is -1.28. The summed E-state index contributed by atoms with van der Waals surface area (Å²) in [6.07, 6.45) is 0. The monoisotopic (exact) mass is 588 g/mol. The summed E-state index contributed by atoms with van der Waals surface area (Å²) in [5, 5.41) is 3.37. The lowest BCUT2D eigenvalue weighted by atomic mass is 9.88. The predicted molar refractivity (Wildman–Crippen MR) is 177 cm³/mol. The van der Waals surface area contributed by atoms with Gasteiger partial charge in [-0.15, -0.1) is 0 Å². The summed E-state index contributed by atoms with van der Waals surface area (Å²) in [6.45, 7) is 16.1. The molecule has 0 bridgehead atoms. The van der Waals surface area contributed by atoms with E-state index in [-0.39, 0.29) is 36.2 Å². The Morgan fingerprint density at radius 1 is 0.705 bits per heavy atom. The van der Waals surface area contributed by atoms with Gasteiger partial charge in [-0.3, -0.25) is 4.98 Å². The lowest BCUT2D eigenvalue weighted by Gasteiger charge is -2.23. The van der Waals surface area contributed by atoms with Crippen LogP contribution in [0, 0.1) is 13.8 Å². The first-order valence-electron chi connectivity index (χ1n) is 15.4. The van der Waals surface area contributed by atoms with Gasteiger partial charge in [-0.1, -0.05) is 76.2 Å². The lowest BCUT2D eigenvalue weighted by Crippen LogP contribution is -2.21. The Balaban J connectivity index is 1.88. The number of aromatic nitrogens is 2. The third-order valence-corrected chi connectivity index (χ3v) is 7.98. The molecule has 6 nitrogen and oxygen atoms in total. The summed E-state index contributed by atoms with van der Waals surface area (Å²) in [5.41, 5.74) is 7.79. The van der Waals surface area contributed by atoms with E-state index in [1.165, 1.54) is 21.9 Å². The van der Waals surface area contributed by atoms with Crippen LogP contribution in [-0.2, 0) is 9.47 Å². The maximum atomic E-state index is 13.7. The van der Waals surface area contributed by atoms with Gasteiger partial charge in [0.05, 0.1) is 46.9 Å². The number of para-hydroxylation sites is 1. The van der Waals surface area contributed by atoms with Crippen LogP contribution in [0.4, 0.5) is 0 Å². The highest BCUT2D eigenvalue weighted by Gasteiger charge is 2.33. The average Bonchev–Trinajstić information content (AvgIpc) is 2.99. The second kappa shape index (κ2) is 12.6. The Labute approximate surface area is 259 Å². The summed E-state index contributed by atoms with van der Waals surface area (Å²) >= 11 is 0. The van der Waals surface area contributed by atoms with Gasteiger partial charge in [0.15, 0.2) is 0 Å². The number of rotatable bonds is 8. The molecule has 0 aliphatic rings. The van der Waals surface area contributed by atoms with E-state index in [0.717, 1.165) is 22.0 Å². The van der Waals surface area contributed by atoms with E-state index in [2.05, 4.69) is 50.2 Å². The van der Waals surface area contributed by atoms with E-state index in [4.69, 9.17) is 19.4 Å². The molecule has 0 N–H and O–H groups in total. The normalized spacial score (nSPS) is 11.5. The van der Waals surface area contributed by atoms with Crippen molar-refractivity contribution >= 4 is 33.6 Å². The van der Waals surface area contributed by atoms with E-state index >= 15 is 0 Å². The van der Waals surface area contributed by atoms with Crippen molar-refractivity contribution in [3.05, 3.63) is 94.3 Å². The molecular formula is C38H40N2O4. The molecule has 0 amide bonds. The molecule has 0 radical (unpaired) electrons. The Morgan fingerprint density at radius 2 is 1.30 bits per heavy atom. The van der Waals surface area contributed by atoms with Gasteiger partial charge in [0.1, 0.15) is 0 Å². The van der Waals surface area contributed by atoms with Crippen molar-refractivity contribution in [2.45, 2.75) is 67.2 Å². The van der Waals surface area contributed by atoms with Crippen LogP contribution in [-0.4, -0.2) is 35.1 Å². The van der Waals surface area contributed by atoms with Gasteiger partial charge in [0, 0.05) is 16.5 Å². The second-order valence-electron chi connectivity index (χ2n) is 11.8. The molecule has 3 aromatic carbocycles. The molecule has 226 valence electrons. The van der Waals surface area contributed by atoms with E-state index in [0.29, 0.717) is 22.6 Å². The summed E-state index contributed by atoms with van der Waals surface area (Å²) in [6, 6.07) is 20.7. The van der Waals surface area contributed by atoms with Gasteiger partial charge in [0.2, 0.25) is 0 Å². The zero-order valence-corrected chi connectivity index (χ0v) is 26.9. The molecule has 6 heteroatoms. The highest BCUT2D eigenvalue weighted by atomic mass is 16.5. The average molecular weight is 589 g/mol. The first kappa shape index (κ1) is 30.9. The molecule has 0 fully saturated rings. The number of benzene rings is 3. The molecule has 0 aliphatic heterocycles. The molecule has 44 heavy (non-hydrogen) atoms. The molecule has 0 saturated carbocycles. The number of aryl methyl sites for hydroxylation is 2. The molecule has 2 aromatic heterocycles. The zero-order valence-electron chi connectivity index (χ0n) is 26.9. The van der Waals surface area contributed by atoms with Crippen molar-refractivity contribution in [2.75, 3.05) is 13.2 Å². The van der Waals surface area contributed by atoms with Crippen LogP contribution >= 0.6 is 0 Å². The molecule has 5 rings (SSSR count). The van der Waals surface area contributed by atoms with Crippen LogP contribution in [0.15, 0.2) is 60.7 Å². The van der Waals surface area contributed by atoms with Gasteiger partial charge < -0.3 is 9.47 Å². The Hall–Kier alpha value is -4.58. The summed E-state index contributed by atoms with van der Waals surface area (Å²) < 4.78 is 11.1. The van der Waals surface area contributed by atoms with Gasteiger partial charge in [-0.05, 0) is 79.1 Å². The fourth-order valence-corrected chi connectivity index (χ4v) is 6.07. The van der Waals surface area contributed by atoms with Crippen molar-refractivity contribution in [2.24, 2.45) is 0 Å². The summed E-state index contributed by atoms with van der Waals surface area (Å²) in [7, 11) is 0. The van der Waals surface area contributed by atoms with Gasteiger partial charge in [-0.2, -0.15) is 0 Å². The first-order valence-corrected chi connectivity index (χ1v) is 15.4. The van der Waals surface area contributed by atoms with Crippen molar-refractivity contribution in [1.29, 1.82) is 0 Å². The highest BCUT2D eigenvalue weighted by Crippen LogP contribution is 2.39. The van der Waals surface area contributed by atoms with E-state index in [1.807, 2.05) is 52.0 Å². The third kappa shape index (κ3) is 5.57. The quantitative estimate of drug-likeness (QED) is 0.168. The molecule has 0 atom stereocenters. The van der Waals surface area contributed by atoms with Crippen LogP contribution in [0.3, 0.4) is 0 Å². The van der Waals surface area contributed by atoms with E-state index < -0.39 is 11.9 Å². The highest BCUT2D eigenvalue weighted by molar-refractivity contribution is 6.08. The minimum absolute atomic E-state index is 0.109. The number of carbonyl (C=O) groups is 2. The van der Waals surface area contributed by atoms with Crippen LogP contribution in [0.5, 0.6) is 0 Å². The summed E-state index contributed by atoms with van der Waals surface area (Å²) in [4.78, 5) is 37.5. The van der Waals surface area contributed by atoms with E-state index in [9.17, 15) is 9.59 Å². The molecule has 0 spiro atoms. The maximum absolute atomic E-state index is 13.7. The number of ether oxygens (including phenoxy) is 2. The molecule has 0 unspecified atom stereocenters. The molecular weight excluding hydrogens is 548 g/mol. The number of nitrogens with zero attached hydrogens (tertiary/aromatic N) is 2. The number of carbonyl (C=O) groups excluding carboxylic acids is 2. The van der Waals surface area contributed by atoms with Crippen LogP contribution in [0.2, 0.25) is 0 Å². The largest absolute Gasteiger partial charge is 0.462 e. The molecule has 0 saturated heterocycles. The number of hydrogen-bond acceptors (Lipinski definition) is 6. The smallest absolute Gasteiger partial charge is 0.340 e. The standard InChI is InChI=1S/C38H40N2O4/c1-9-43-37(41)32-31(33(38(42)44-10-2)35(22(5)6)40-34(32)21(3)4)29-18-17-25-14-12-16-28(36(25)39-29)27-19-24(8)30-23(7)13-11-15-26(30)20-27/h11-22H,9-10H2,1-8H3. The zero-order chi connectivity index (χ0) is 31.7. The number of fused-ring (bicyclic) bond motifs is 2. The number of pyridine rings is 2. The SMILES string of the molecule is CCOC(=O)c1c(C(C)C)nc(C(C)C)c(C(=O)OCC)c1-c1ccc2cccc(-c3cc(C)c4c(C)cccc4c3)c2n1. The Morgan fingerprint density at radius 3 is 1.89 bits per heavy atom. The number of esters is 2. The van der Waals surface area contributed by atoms with E-state index in [1.54, 1.807) is 13.8 Å². The van der Waals surface area contributed by atoms with Gasteiger partial charge in [0.25, 0.3) is 0 Å². The molecule has 5 aromatic rings. The van der Waals surface area contributed by atoms with Crippen molar-refractivity contribution in [1.82, 2.24) is 9.97 Å². The Kier molecular flexibility index (Phi) is 8.82. The molecule has 2 heterocycles. The van der Waals surface area contributed by atoms with Crippen LogP contribution < -0.4 is 0 Å². The van der Waals surface area contributed by atoms with Crippen molar-refractivity contribution in [3.63, 3.8) is 0 Å². The fourth-order valence-electron chi connectivity index (χ4n) is 6.07. The predicted octanol–water partition coefficient (Wildman–Crippen LogP) is 9.33. The topological polar surface area (TPSA) is 78.4 Å².